The fourth-order valence-electron chi connectivity index (χ4n) is 3.60. The zero-order valence-corrected chi connectivity index (χ0v) is 18.5. The van der Waals surface area contributed by atoms with Crippen molar-refractivity contribution in [3.05, 3.63) is 121 Å². The van der Waals surface area contributed by atoms with Crippen molar-refractivity contribution in [1.82, 2.24) is 10.1 Å². The lowest BCUT2D eigenvalue weighted by Gasteiger charge is -2.23. The van der Waals surface area contributed by atoms with Crippen LogP contribution in [0.2, 0.25) is 0 Å². The van der Waals surface area contributed by atoms with Gasteiger partial charge in [-0.2, -0.15) is 0 Å². The first kappa shape index (κ1) is 20.7. The maximum absolute atomic E-state index is 6.16. The molecule has 0 fully saturated rings. The molecule has 1 heterocycles. The van der Waals surface area contributed by atoms with Crippen LogP contribution < -0.4 is 16.1 Å². The van der Waals surface area contributed by atoms with Crippen LogP contribution in [0.4, 0.5) is 11.4 Å². The van der Waals surface area contributed by atoms with Gasteiger partial charge in [-0.15, -0.1) is 9.74 Å². The summed E-state index contributed by atoms with van der Waals surface area (Å²) in [6.45, 7) is 0. The highest BCUT2D eigenvalue weighted by Gasteiger charge is 2.12. The van der Waals surface area contributed by atoms with Gasteiger partial charge in [0, 0.05) is 17.5 Å². The van der Waals surface area contributed by atoms with Gasteiger partial charge in [-0.3, -0.25) is 5.43 Å². The Morgan fingerprint density at radius 3 is 1.55 bits per heavy atom. The molecule has 4 aromatic rings. The summed E-state index contributed by atoms with van der Waals surface area (Å²) in [4.78, 5) is 0. The number of hydrogen-bond acceptors (Lipinski definition) is 5. The molecule has 3 N–H and O–H groups in total. The lowest BCUT2D eigenvalue weighted by atomic mass is 10.1. The van der Waals surface area contributed by atoms with E-state index in [1.807, 2.05) is 66.7 Å². The van der Waals surface area contributed by atoms with E-state index >= 15 is 0 Å². The van der Waals surface area contributed by atoms with Crippen molar-refractivity contribution in [1.29, 1.82) is 0 Å². The minimum atomic E-state index is 0.611. The summed E-state index contributed by atoms with van der Waals surface area (Å²) in [5.74, 6) is 1.32. The predicted octanol–water partition coefficient (Wildman–Crippen LogP) is 6.67. The molecule has 1 aliphatic heterocycles. The van der Waals surface area contributed by atoms with E-state index in [-0.39, 0.29) is 0 Å². The fourth-order valence-corrected chi connectivity index (χ4v) is 3.77. The molecule has 4 aromatic carbocycles. The molecule has 0 bridgehead atoms. The van der Waals surface area contributed by atoms with Crippen molar-refractivity contribution < 1.29 is 0 Å². The van der Waals surface area contributed by atoms with E-state index in [0.29, 0.717) is 11.7 Å². The third-order valence-electron chi connectivity index (χ3n) is 5.22. The van der Waals surface area contributed by atoms with Crippen molar-refractivity contribution in [2.45, 2.75) is 0 Å². The molecule has 0 amide bonds. The molecular formula is C27H22ClN5. The third kappa shape index (κ3) is 5.17. The van der Waals surface area contributed by atoms with E-state index < -0.39 is 0 Å². The molecule has 33 heavy (non-hydrogen) atoms. The number of nitrogens with one attached hydrogen (secondary N) is 3. The second-order valence-corrected chi connectivity index (χ2v) is 7.87. The van der Waals surface area contributed by atoms with Gasteiger partial charge < -0.3 is 10.6 Å². The van der Waals surface area contributed by atoms with Crippen LogP contribution in [0.15, 0.2) is 126 Å². The van der Waals surface area contributed by atoms with Gasteiger partial charge in [0.25, 0.3) is 0 Å². The number of halogens is 1. The van der Waals surface area contributed by atoms with Gasteiger partial charge in [-0.05, 0) is 46.5 Å². The number of hydrogen-bond donors (Lipinski definition) is 3. The molecule has 0 radical (unpaired) electrons. The molecule has 0 atom stereocenters. The van der Waals surface area contributed by atoms with Crippen LogP contribution >= 0.6 is 11.8 Å². The van der Waals surface area contributed by atoms with E-state index in [9.17, 15) is 0 Å². The maximum atomic E-state index is 6.16. The van der Waals surface area contributed by atoms with Gasteiger partial charge in [0.15, 0.2) is 5.84 Å². The number of hydrazone groups is 1. The molecular weight excluding hydrogens is 430 g/mol. The van der Waals surface area contributed by atoms with E-state index in [4.69, 9.17) is 11.8 Å². The first-order chi connectivity index (χ1) is 16.2. The Hall–Kier alpha value is -4.22. The van der Waals surface area contributed by atoms with Crippen LogP contribution in [0.5, 0.6) is 0 Å². The lowest BCUT2D eigenvalue weighted by Crippen LogP contribution is -2.35. The van der Waals surface area contributed by atoms with Crippen LogP contribution in [0.1, 0.15) is 0 Å². The summed E-state index contributed by atoms with van der Waals surface area (Å²) in [5, 5.41) is 10.9. The Morgan fingerprint density at radius 1 is 0.576 bits per heavy atom. The molecule has 0 aliphatic carbocycles. The zero-order valence-electron chi connectivity index (χ0n) is 17.7. The highest BCUT2D eigenvalue weighted by molar-refractivity contribution is 6.15. The summed E-state index contributed by atoms with van der Waals surface area (Å²) < 4.78 is 1.15. The summed E-state index contributed by atoms with van der Waals surface area (Å²) in [7, 11) is 0. The van der Waals surface area contributed by atoms with Crippen molar-refractivity contribution in [2.75, 3.05) is 10.6 Å². The number of nitrogens with zero attached hydrogens (tertiary/aromatic N) is 2. The zero-order chi connectivity index (χ0) is 22.5. The van der Waals surface area contributed by atoms with Crippen molar-refractivity contribution in [2.24, 2.45) is 5.10 Å². The second kappa shape index (κ2) is 9.51. The van der Waals surface area contributed by atoms with E-state index in [1.54, 1.807) is 0 Å². The van der Waals surface area contributed by atoms with Crippen molar-refractivity contribution in [3.63, 3.8) is 0 Å². The lowest BCUT2D eigenvalue weighted by molar-refractivity contribution is 0.395. The first-order valence-corrected chi connectivity index (χ1v) is 10.9. The monoisotopic (exact) mass is 451 g/mol. The molecule has 0 spiro atoms. The molecule has 5 rings (SSSR count). The third-order valence-corrected chi connectivity index (χ3v) is 5.38. The molecule has 0 unspecified atom stereocenters. The minimum Gasteiger partial charge on any atom is -0.341 e. The average Bonchev–Trinajstić information content (AvgIpc) is 2.86. The first-order valence-electron chi connectivity index (χ1n) is 10.6. The van der Waals surface area contributed by atoms with Gasteiger partial charge in [-0.1, -0.05) is 84.9 Å². The second-order valence-electron chi connectivity index (χ2n) is 7.55. The highest BCUT2D eigenvalue weighted by Crippen LogP contribution is 2.23. The SMILES string of the molecule is ClN1N=C(Nc2ccc(-c3ccccc3)cc2)C=C(Nc2ccc(-c3ccccc3)cc2)N1. The largest absolute Gasteiger partial charge is 0.341 e. The Morgan fingerprint density at radius 2 is 1.03 bits per heavy atom. The van der Waals surface area contributed by atoms with Crippen LogP contribution in [-0.2, 0) is 0 Å². The Labute approximate surface area is 198 Å². The maximum Gasteiger partial charge on any atom is 0.157 e. The van der Waals surface area contributed by atoms with Gasteiger partial charge in [-0.25, -0.2) is 0 Å². The average molecular weight is 452 g/mol. The quantitative estimate of drug-likeness (QED) is 0.296. The van der Waals surface area contributed by atoms with Crippen LogP contribution in [0, 0.1) is 0 Å². The molecule has 1 aliphatic rings. The normalized spacial score (nSPS) is 12.9. The smallest absolute Gasteiger partial charge is 0.157 e. The molecule has 6 heteroatoms. The number of anilines is 2. The van der Waals surface area contributed by atoms with Crippen molar-refractivity contribution in [3.8, 4) is 22.3 Å². The molecule has 0 saturated heterocycles. The minimum absolute atomic E-state index is 0.611. The summed E-state index contributed by atoms with van der Waals surface area (Å²) in [5.41, 5.74) is 9.52. The van der Waals surface area contributed by atoms with Gasteiger partial charge >= 0.3 is 0 Å². The molecule has 0 saturated carbocycles. The number of benzene rings is 4. The topological polar surface area (TPSA) is 51.7 Å². The molecule has 162 valence electrons. The summed E-state index contributed by atoms with van der Waals surface area (Å²) in [6, 6.07) is 37.0. The summed E-state index contributed by atoms with van der Waals surface area (Å²) >= 11 is 6.16. The van der Waals surface area contributed by atoms with Crippen molar-refractivity contribution >= 4 is 29.0 Å². The van der Waals surface area contributed by atoms with E-state index in [1.165, 1.54) is 11.1 Å². The molecule has 5 nitrogen and oxygen atoms in total. The predicted molar refractivity (Wildman–Crippen MR) is 137 cm³/mol. The Kier molecular flexibility index (Phi) is 5.95. The fraction of sp³-hybridized carbons (Fsp3) is 0. The molecule has 0 aromatic heterocycles. The van der Waals surface area contributed by atoms with Crippen LogP contribution in [0.3, 0.4) is 0 Å². The summed E-state index contributed by atoms with van der Waals surface area (Å²) in [6.07, 6.45) is 1.87. The van der Waals surface area contributed by atoms with Gasteiger partial charge in [0.1, 0.15) is 5.82 Å². The van der Waals surface area contributed by atoms with Gasteiger partial charge in [0.05, 0.1) is 11.8 Å². The van der Waals surface area contributed by atoms with Gasteiger partial charge in [0.2, 0.25) is 0 Å². The Bertz CT molecular complexity index is 1270. The van der Waals surface area contributed by atoms with E-state index in [2.05, 4.69) is 69.7 Å². The standard InChI is InChI=1S/C27H22ClN5/c28-33-31-26(29-24-15-11-22(12-16-24)20-7-3-1-4-8-20)19-27(32-33)30-25-17-13-23(14-18-25)21-9-5-2-6-10-21/h1-19,29,31H,(H,30,32). The van der Waals surface area contributed by atoms with Crippen LogP contribution in [-0.4, -0.2) is 10.5 Å². The highest BCUT2D eigenvalue weighted by atomic mass is 35.5. The number of amidine groups is 1. The van der Waals surface area contributed by atoms with E-state index in [0.717, 1.165) is 27.1 Å². The Balaban J connectivity index is 1.27. The number of rotatable bonds is 5. The van der Waals surface area contributed by atoms with Crippen LogP contribution in [0.25, 0.3) is 22.3 Å². The number of hydrazine groups is 1.